The van der Waals surface area contributed by atoms with Gasteiger partial charge in [0.1, 0.15) is 0 Å². The molecule has 0 aliphatic carbocycles. The van der Waals surface area contributed by atoms with Crippen molar-refractivity contribution in [1.82, 2.24) is 0 Å². The molecule has 0 atom stereocenters. The summed E-state index contributed by atoms with van der Waals surface area (Å²) in [6, 6.07) is 0. The van der Waals surface area contributed by atoms with Crippen LogP contribution in [0.4, 0.5) is 0 Å². The summed E-state index contributed by atoms with van der Waals surface area (Å²) in [5.74, 6) is 0. The average molecular weight is 169 g/mol. The maximum Gasteiger partial charge on any atom is 1.00 e. The summed E-state index contributed by atoms with van der Waals surface area (Å²) in [7, 11) is 0. The van der Waals surface area contributed by atoms with Crippen molar-refractivity contribution in [3.05, 3.63) is 0 Å². The summed E-state index contributed by atoms with van der Waals surface area (Å²) in [6.07, 6.45) is 0. The molecule has 0 heterocycles. The van der Waals surface area contributed by atoms with Crippen molar-refractivity contribution < 1.29 is 27.2 Å². The number of carbonyl (C=O) groups excluding carboxylic acids is 1. The standard InChI is InChI=1S/CHOS.Ag/c2-1-3;/h(H,2,3);/q-1;+1. The van der Waals surface area contributed by atoms with E-state index in [0.29, 0.717) is 0 Å². The van der Waals surface area contributed by atoms with Gasteiger partial charge in [-0.05, 0) is 0 Å². The van der Waals surface area contributed by atoms with Crippen LogP contribution in [0.3, 0.4) is 0 Å². The molecule has 4 heavy (non-hydrogen) atoms. The maximum absolute atomic E-state index is 8.54. The molecule has 3 heteroatoms. The van der Waals surface area contributed by atoms with E-state index in [1.54, 1.807) is 0 Å². The summed E-state index contributed by atoms with van der Waals surface area (Å²) >= 11 is 2.98. The van der Waals surface area contributed by atoms with E-state index in [0.717, 1.165) is 0 Å². The number of rotatable bonds is 0. The van der Waals surface area contributed by atoms with E-state index in [9.17, 15) is 0 Å². The first-order chi connectivity index (χ1) is 1.41. The third-order valence-corrected chi connectivity index (χ3v) is 0. The van der Waals surface area contributed by atoms with Gasteiger partial charge in [0, 0.05) is 0 Å². The minimum Gasteiger partial charge on any atom is -0.531 e. The van der Waals surface area contributed by atoms with Crippen LogP contribution in [0, 0.1) is 0 Å². The van der Waals surface area contributed by atoms with Crippen molar-refractivity contribution >= 4 is 18.2 Å². The quantitative estimate of drug-likeness (QED) is 0.306. The van der Waals surface area contributed by atoms with Crippen LogP contribution in [0.15, 0.2) is 0 Å². The minimum atomic E-state index is 0. The van der Waals surface area contributed by atoms with Crippen LogP contribution in [0.1, 0.15) is 0 Å². The van der Waals surface area contributed by atoms with Crippen LogP contribution < -0.4 is 0 Å². The molecule has 0 spiro atoms. The predicted octanol–water partition coefficient (Wildman–Crippen LogP) is -0.0191. The Labute approximate surface area is 45.7 Å². The van der Waals surface area contributed by atoms with Crippen molar-refractivity contribution in [2.24, 2.45) is 0 Å². The third-order valence-electron chi connectivity index (χ3n) is 0. The van der Waals surface area contributed by atoms with Crippen molar-refractivity contribution in [2.75, 3.05) is 0 Å². The van der Waals surface area contributed by atoms with Gasteiger partial charge in [0.25, 0.3) is 0 Å². The largest absolute Gasteiger partial charge is 1.00 e. The maximum atomic E-state index is 8.54. The summed E-state index contributed by atoms with van der Waals surface area (Å²) in [5, 5.41) is 0. The summed E-state index contributed by atoms with van der Waals surface area (Å²) in [5.41, 5.74) is 1.19. The molecule has 0 saturated heterocycles. The Balaban J connectivity index is 0. The zero-order chi connectivity index (χ0) is 2.71. The Morgan fingerprint density at radius 1 is 1.75 bits per heavy atom. The molecule has 0 bridgehead atoms. The molecule has 0 aromatic carbocycles. The van der Waals surface area contributed by atoms with E-state index in [1.165, 1.54) is 5.62 Å². The molecule has 0 aromatic heterocycles. The van der Waals surface area contributed by atoms with E-state index in [4.69, 9.17) is 4.79 Å². The molecule has 0 radical (unpaired) electrons. The Morgan fingerprint density at radius 2 is 1.75 bits per heavy atom. The fourth-order valence-electron chi connectivity index (χ4n) is 0. The second-order valence-corrected chi connectivity index (χ2v) is 0.274. The van der Waals surface area contributed by atoms with Gasteiger partial charge in [0.15, 0.2) is 0 Å². The van der Waals surface area contributed by atoms with E-state index >= 15 is 0 Å². The molecular formula is CHAgOS. The van der Waals surface area contributed by atoms with Crippen molar-refractivity contribution in [1.29, 1.82) is 0 Å². The average Bonchev–Trinajstić information content (AvgIpc) is 0.918. The first-order valence-electron chi connectivity index (χ1n) is 0.428. The molecule has 0 aromatic rings. The van der Waals surface area contributed by atoms with E-state index in [-0.39, 0.29) is 22.4 Å². The first kappa shape index (κ1) is 8.83. The molecular weight excluding hydrogens is 168 g/mol. The Hall–Kier alpha value is 0.760. The number of hydrogen-bond donors (Lipinski definition) is 1. The summed E-state index contributed by atoms with van der Waals surface area (Å²) < 4.78 is 0. The molecule has 0 fully saturated rings. The Bertz CT molecular complexity index is 15.5. The second kappa shape index (κ2) is 9.25. The second-order valence-electron chi connectivity index (χ2n) is 0.0913. The van der Waals surface area contributed by atoms with Gasteiger partial charge < -0.3 is 17.4 Å². The van der Waals surface area contributed by atoms with Gasteiger partial charge in [-0.15, -0.1) is 0 Å². The fraction of sp³-hybridized carbons (Fsp3) is 0. The Kier molecular flexibility index (Phi) is 20.4. The molecule has 28 valence electrons. The SMILES string of the molecule is O=[C-]S.[Ag+]. The van der Waals surface area contributed by atoms with Crippen LogP contribution >= 0.6 is 12.6 Å². The van der Waals surface area contributed by atoms with Gasteiger partial charge in [-0.1, -0.05) is 0 Å². The summed E-state index contributed by atoms with van der Waals surface area (Å²) in [4.78, 5) is 8.54. The van der Waals surface area contributed by atoms with E-state index in [1.807, 2.05) is 0 Å². The first-order valence-corrected chi connectivity index (χ1v) is 0.875. The van der Waals surface area contributed by atoms with Crippen molar-refractivity contribution in [2.45, 2.75) is 0 Å². The molecule has 0 aliphatic heterocycles. The monoisotopic (exact) mass is 168 g/mol. The zero-order valence-corrected chi connectivity index (χ0v) is 4.03. The van der Waals surface area contributed by atoms with Gasteiger partial charge in [-0.3, -0.25) is 0 Å². The fourth-order valence-corrected chi connectivity index (χ4v) is 0. The number of thiol groups is 1. The van der Waals surface area contributed by atoms with Crippen molar-refractivity contribution in [3.8, 4) is 0 Å². The van der Waals surface area contributed by atoms with Gasteiger partial charge in [0.05, 0.1) is 0 Å². The van der Waals surface area contributed by atoms with Crippen molar-refractivity contribution in [3.63, 3.8) is 0 Å². The normalized spacial score (nSPS) is 3.25. The topological polar surface area (TPSA) is 17.1 Å². The van der Waals surface area contributed by atoms with Gasteiger partial charge in [-0.2, -0.15) is 0 Å². The molecule has 0 amide bonds. The molecule has 0 saturated carbocycles. The predicted molar refractivity (Wildman–Crippen MR) is 14.7 cm³/mol. The number of hydrogen-bond acceptors (Lipinski definition) is 1. The molecule has 0 aliphatic rings. The zero-order valence-electron chi connectivity index (χ0n) is 1.66. The molecule has 0 rings (SSSR count). The van der Waals surface area contributed by atoms with Gasteiger partial charge >= 0.3 is 22.4 Å². The molecule has 0 N–H and O–H groups in total. The van der Waals surface area contributed by atoms with Crippen LogP contribution in [-0.2, 0) is 27.2 Å². The smallest absolute Gasteiger partial charge is 0.531 e. The van der Waals surface area contributed by atoms with Crippen LogP contribution in [-0.4, -0.2) is 5.62 Å². The van der Waals surface area contributed by atoms with Gasteiger partial charge in [-0.25, -0.2) is 5.62 Å². The molecule has 0 unspecified atom stereocenters. The minimum absolute atomic E-state index is 0. The Morgan fingerprint density at radius 3 is 1.75 bits per heavy atom. The van der Waals surface area contributed by atoms with E-state index in [2.05, 4.69) is 12.6 Å². The molecule has 1 nitrogen and oxygen atoms in total. The van der Waals surface area contributed by atoms with Crippen LogP contribution in [0.5, 0.6) is 0 Å². The third kappa shape index (κ3) is 14.8. The van der Waals surface area contributed by atoms with E-state index < -0.39 is 0 Å². The van der Waals surface area contributed by atoms with Crippen LogP contribution in [0.25, 0.3) is 0 Å². The van der Waals surface area contributed by atoms with Gasteiger partial charge in [0.2, 0.25) is 0 Å². The van der Waals surface area contributed by atoms with Crippen LogP contribution in [0.2, 0.25) is 0 Å². The summed E-state index contributed by atoms with van der Waals surface area (Å²) in [6.45, 7) is 0.